The van der Waals surface area contributed by atoms with Crippen molar-refractivity contribution in [1.82, 2.24) is 0 Å². The summed E-state index contributed by atoms with van der Waals surface area (Å²) in [6.45, 7) is 9.98. The van der Waals surface area contributed by atoms with E-state index >= 15 is 0 Å². The summed E-state index contributed by atoms with van der Waals surface area (Å²) in [7, 11) is -19.6. The van der Waals surface area contributed by atoms with Crippen molar-refractivity contribution >= 4 is 85.1 Å². The highest BCUT2D eigenvalue weighted by Crippen LogP contribution is 2.54. The summed E-state index contributed by atoms with van der Waals surface area (Å²) in [5, 5.41) is 9.22. The van der Waals surface area contributed by atoms with Crippen LogP contribution in [0, 0.1) is 0 Å². The number of methoxy groups -OCH3 is 1. The zero-order chi connectivity index (χ0) is 46.8. The zero-order valence-corrected chi connectivity index (χ0v) is 38.4. The second-order valence-electron chi connectivity index (χ2n) is 16.4. The van der Waals surface area contributed by atoms with Crippen LogP contribution in [0.15, 0.2) is 91.5 Å². The summed E-state index contributed by atoms with van der Waals surface area (Å²) < 4.78 is 157. The van der Waals surface area contributed by atoms with Gasteiger partial charge in [0.15, 0.2) is 5.71 Å². The van der Waals surface area contributed by atoms with Crippen LogP contribution < -0.4 is 4.90 Å². The van der Waals surface area contributed by atoms with Gasteiger partial charge in [-0.25, -0.2) is 33.7 Å². The first kappa shape index (κ1) is 47.9. The van der Waals surface area contributed by atoms with Gasteiger partial charge in [0.25, 0.3) is 0 Å². The fraction of sp³-hybridized carbons (Fsp3) is 0.381. The van der Waals surface area contributed by atoms with E-state index < -0.39 is 76.9 Å². The average Bonchev–Trinajstić information content (AvgIpc) is 3.53. The molecule has 63 heavy (non-hydrogen) atoms. The van der Waals surface area contributed by atoms with E-state index in [9.17, 15) is 61.8 Å². The van der Waals surface area contributed by atoms with E-state index in [-0.39, 0.29) is 41.0 Å². The number of carbonyl (C=O) groups is 1. The number of fused-ring (bicyclic) bond motifs is 6. The number of benzene rings is 4. The first-order valence-electron chi connectivity index (χ1n) is 19.7. The average molecular weight is 946 g/mol. The molecule has 6 rings (SSSR count). The summed E-state index contributed by atoms with van der Waals surface area (Å²) in [5.41, 5.74) is 1.78. The Balaban J connectivity index is 1.61. The standard InChI is InChI=1S/C42H48N2O15S4/c1-7-43-32-14-12-28-30(21-26(60(47,48)49)23-34(28)62(53,54)55)39(32)41(3,4)36(43)19-25(2)20-37-42(5,16-18-59-6)40-31-22-27(61(50,51)52)24-35(63(56,57)58)29(31)13-15-33(40)44(37)17-10-8-9-11-38(45)46/h12-15,19-24H,7-11,16-18H2,1-6H3,(H4-,45,46,47,48,49,50,51,52,53,54,55,56,57,58)/p-3. The minimum Gasteiger partial charge on any atom is -0.744 e. The predicted octanol–water partition coefficient (Wildman–Crippen LogP) is 5.30. The maximum atomic E-state index is 12.6. The van der Waals surface area contributed by atoms with Crippen molar-refractivity contribution in [2.75, 3.05) is 31.7 Å². The molecule has 0 saturated heterocycles. The second-order valence-corrected chi connectivity index (χ2v) is 21.8. The van der Waals surface area contributed by atoms with Gasteiger partial charge >= 0.3 is 5.97 Å². The Hall–Kier alpha value is -4.58. The quantitative estimate of drug-likeness (QED) is 0.0848. The smallest absolute Gasteiger partial charge is 0.303 e. The molecule has 0 fully saturated rings. The number of aliphatic carboxylic acids is 1. The molecule has 0 spiro atoms. The van der Waals surface area contributed by atoms with E-state index in [4.69, 9.17) is 4.74 Å². The Morgan fingerprint density at radius 2 is 1.30 bits per heavy atom. The van der Waals surface area contributed by atoms with Gasteiger partial charge in [-0.15, -0.1) is 0 Å². The van der Waals surface area contributed by atoms with Crippen molar-refractivity contribution in [2.45, 2.75) is 97.1 Å². The van der Waals surface area contributed by atoms with Gasteiger partial charge < -0.3 is 33.0 Å². The molecule has 1 N–H and O–H groups in total. The van der Waals surface area contributed by atoms with E-state index in [0.717, 1.165) is 12.1 Å². The fourth-order valence-corrected chi connectivity index (χ4v) is 11.7. The Morgan fingerprint density at radius 1 is 0.762 bits per heavy atom. The minimum atomic E-state index is -5.31. The number of nitrogens with zero attached hydrogens (tertiary/aromatic N) is 2. The van der Waals surface area contributed by atoms with Crippen molar-refractivity contribution in [1.29, 1.82) is 0 Å². The van der Waals surface area contributed by atoms with Crippen LogP contribution in [0.5, 0.6) is 0 Å². The molecule has 21 heteroatoms. The van der Waals surface area contributed by atoms with Crippen molar-refractivity contribution < 1.29 is 71.1 Å². The normalized spacial score (nSPS) is 18.8. The van der Waals surface area contributed by atoms with Gasteiger partial charge in [-0.3, -0.25) is 4.79 Å². The third-order valence-electron chi connectivity index (χ3n) is 11.9. The Labute approximate surface area is 366 Å². The molecule has 17 nitrogen and oxygen atoms in total. The molecule has 0 aromatic heterocycles. The van der Waals surface area contributed by atoms with Crippen molar-refractivity contribution in [3.8, 4) is 0 Å². The summed E-state index contributed by atoms with van der Waals surface area (Å²) in [4.78, 5) is 9.72. The van der Waals surface area contributed by atoms with Gasteiger partial charge in [-0.05, 0) is 124 Å². The maximum Gasteiger partial charge on any atom is 0.303 e. The third kappa shape index (κ3) is 8.94. The molecule has 340 valence electrons. The highest BCUT2D eigenvalue weighted by atomic mass is 32.2. The van der Waals surface area contributed by atoms with Crippen LogP contribution in [-0.4, -0.2) is 100 Å². The van der Waals surface area contributed by atoms with Gasteiger partial charge in [0.05, 0.1) is 25.0 Å². The summed E-state index contributed by atoms with van der Waals surface area (Å²) in [6.07, 6.45) is 5.29. The van der Waals surface area contributed by atoms with Crippen LogP contribution in [0.3, 0.4) is 0 Å². The lowest BCUT2D eigenvalue weighted by Gasteiger charge is -2.31. The third-order valence-corrected chi connectivity index (χ3v) is 15.3. The zero-order valence-electron chi connectivity index (χ0n) is 35.1. The number of carboxylic acids is 1. The van der Waals surface area contributed by atoms with Gasteiger partial charge in [0.2, 0.25) is 5.69 Å². The Kier molecular flexibility index (Phi) is 12.7. The molecule has 4 aromatic carbocycles. The monoisotopic (exact) mass is 945 g/mol. The SMILES string of the molecule is CC[N+]1=C(/C=C(C)/C=C2/N(CCCCCC(=O)O)c3ccc4c(S(=O)(=O)[O-])cc(S(=O)(=O)[O-])cc4c3C2(C)CCOC)C(C)(C)c2c1ccc1c(S(=O)(=O)[O-])cc(S(=O)(=O)[O-])cc21. The first-order chi connectivity index (χ1) is 29.1. The first-order valence-corrected chi connectivity index (χ1v) is 25.3. The molecule has 2 heterocycles. The Bertz CT molecular complexity index is 3150. The van der Waals surface area contributed by atoms with E-state index in [2.05, 4.69) is 0 Å². The molecule has 1 atom stereocenters. The van der Waals surface area contributed by atoms with Crippen molar-refractivity contribution in [3.05, 3.63) is 83.1 Å². The van der Waals surface area contributed by atoms with Crippen LogP contribution in [0.25, 0.3) is 21.5 Å². The molecule has 0 saturated carbocycles. The van der Waals surface area contributed by atoms with Gasteiger partial charge in [0, 0.05) is 66.6 Å². The number of unbranched alkanes of at least 4 members (excludes halogenated alkanes) is 2. The molecule has 4 aromatic rings. The molecule has 1 unspecified atom stereocenters. The molecule has 0 amide bonds. The number of rotatable bonds is 16. The topological polar surface area (TPSA) is 282 Å². The molecule has 0 aliphatic carbocycles. The van der Waals surface area contributed by atoms with Crippen LogP contribution in [0.1, 0.15) is 77.8 Å². The number of carboxylic acid groups (broad SMARTS) is 1. The van der Waals surface area contributed by atoms with Crippen LogP contribution in [0.2, 0.25) is 0 Å². The number of ether oxygens (including phenoxy) is 1. The molecule has 0 bridgehead atoms. The highest BCUT2D eigenvalue weighted by Gasteiger charge is 2.47. The van der Waals surface area contributed by atoms with Crippen molar-refractivity contribution in [2.24, 2.45) is 0 Å². The van der Waals surface area contributed by atoms with Crippen LogP contribution >= 0.6 is 0 Å². The molecular weight excluding hydrogens is 901 g/mol. The van der Waals surface area contributed by atoms with E-state index in [1.165, 1.54) is 19.2 Å². The van der Waals surface area contributed by atoms with Crippen molar-refractivity contribution in [3.63, 3.8) is 0 Å². The van der Waals surface area contributed by atoms with Crippen LogP contribution in [-0.2, 0) is 60.8 Å². The van der Waals surface area contributed by atoms with Gasteiger partial charge in [-0.2, -0.15) is 4.58 Å². The predicted molar refractivity (Wildman–Crippen MR) is 227 cm³/mol. The number of allylic oxidation sites excluding steroid dienone is 4. The molecule has 2 aliphatic heterocycles. The lowest BCUT2D eigenvalue weighted by atomic mass is 9.76. The van der Waals surface area contributed by atoms with E-state index in [1.807, 2.05) is 56.2 Å². The molecular formula is C42H45N2O15S4-3. The van der Waals surface area contributed by atoms with E-state index in [1.54, 1.807) is 12.1 Å². The lowest BCUT2D eigenvalue weighted by Crippen LogP contribution is -2.31. The number of hydrogen-bond donors (Lipinski definition) is 1. The van der Waals surface area contributed by atoms with Crippen LogP contribution in [0.4, 0.5) is 11.4 Å². The summed E-state index contributed by atoms with van der Waals surface area (Å²) in [6, 6.07) is 9.28. The lowest BCUT2D eigenvalue weighted by molar-refractivity contribution is -0.433. The maximum absolute atomic E-state index is 12.6. The Morgan fingerprint density at radius 3 is 1.79 bits per heavy atom. The fourth-order valence-electron chi connectivity index (χ4n) is 9.10. The molecule has 2 aliphatic rings. The van der Waals surface area contributed by atoms with Gasteiger partial charge in [0.1, 0.15) is 47.0 Å². The summed E-state index contributed by atoms with van der Waals surface area (Å²) in [5.74, 6) is -0.954. The van der Waals surface area contributed by atoms with E-state index in [0.29, 0.717) is 84.0 Å². The summed E-state index contributed by atoms with van der Waals surface area (Å²) >= 11 is 0. The molecule has 0 radical (unpaired) electrons. The number of hydrogen-bond acceptors (Lipinski definition) is 15. The second kappa shape index (κ2) is 16.8. The number of anilines is 1. The highest BCUT2D eigenvalue weighted by molar-refractivity contribution is 7.87. The minimum absolute atomic E-state index is 0.0445. The van der Waals surface area contributed by atoms with Gasteiger partial charge in [-0.1, -0.05) is 12.5 Å². The largest absolute Gasteiger partial charge is 0.744 e.